The number of ether oxygens (including phenoxy) is 1. The number of aromatic nitrogens is 3. The minimum Gasteiger partial charge on any atom is -0.495 e. The van der Waals surface area contributed by atoms with Crippen LogP contribution in [0.15, 0.2) is 55.1 Å². The molecular formula is C20H20ClN5O2. The van der Waals surface area contributed by atoms with Gasteiger partial charge in [0.05, 0.1) is 25.2 Å². The van der Waals surface area contributed by atoms with Crippen molar-refractivity contribution in [1.82, 2.24) is 19.9 Å². The van der Waals surface area contributed by atoms with Gasteiger partial charge in [-0.3, -0.25) is 9.78 Å². The summed E-state index contributed by atoms with van der Waals surface area (Å²) in [5.74, 6) is 0.923. The molecule has 7 nitrogen and oxygen atoms in total. The van der Waals surface area contributed by atoms with E-state index in [0.717, 1.165) is 12.0 Å². The molecule has 0 saturated carbocycles. The molecule has 0 aliphatic carbocycles. The van der Waals surface area contributed by atoms with Gasteiger partial charge in [0, 0.05) is 31.0 Å². The Balaban J connectivity index is 1.63. The number of amides is 1. The fraction of sp³-hybridized carbons (Fsp3) is 0.200. The predicted molar refractivity (Wildman–Crippen MR) is 108 cm³/mol. The van der Waals surface area contributed by atoms with Crippen molar-refractivity contribution >= 4 is 29.0 Å². The number of hydrogen-bond acceptors (Lipinski definition) is 6. The smallest absolute Gasteiger partial charge is 0.273 e. The summed E-state index contributed by atoms with van der Waals surface area (Å²) in [6.45, 7) is 0.574. The summed E-state index contributed by atoms with van der Waals surface area (Å²) < 4.78 is 5.30. The number of benzene rings is 1. The minimum atomic E-state index is -0.187. The van der Waals surface area contributed by atoms with Crippen molar-refractivity contribution in [3.63, 3.8) is 0 Å². The Morgan fingerprint density at radius 3 is 2.64 bits per heavy atom. The van der Waals surface area contributed by atoms with Crippen molar-refractivity contribution in [3.8, 4) is 5.75 Å². The topological polar surface area (TPSA) is 80.2 Å². The number of nitrogens with zero attached hydrogens (tertiary/aromatic N) is 4. The molecule has 3 aromatic rings. The van der Waals surface area contributed by atoms with Crippen LogP contribution in [0.3, 0.4) is 0 Å². The van der Waals surface area contributed by atoms with Crippen LogP contribution in [0.1, 0.15) is 16.1 Å². The average Bonchev–Trinajstić information content (AvgIpc) is 2.73. The van der Waals surface area contributed by atoms with Gasteiger partial charge in [0.2, 0.25) is 0 Å². The second kappa shape index (κ2) is 9.14. The van der Waals surface area contributed by atoms with Gasteiger partial charge in [0.25, 0.3) is 5.91 Å². The quantitative estimate of drug-likeness (QED) is 0.656. The standard InChI is InChI=1S/C20H20ClN5O2/c1-26(10-7-14-5-8-22-9-6-14)20(27)17-12-24-19(13-23-17)25-16-11-15(21)3-4-18(16)28-2/h3-6,8-9,11-13H,7,10H2,1-2H3,(H,24,25). The number of carbonyl (C=O) groups is 1. The first-order valence-electron chi connectivity index (χ1n) is 8.64. The number of halogens is 1. The normalized spacial score (nSPS) is 10.4. The van der Waals surface area contributed by atoms with E-state index in [1.165, 1.54) is 12.4 Å². The van der Waals surface area contributed by atoms with Gasteiger partial charge in [-0.25, -0.2) is 9.97 Å². The van der Waals surface area contributed by atoms with Crippen LogP contribution >= 0.6 is 11.6 Å². The molecule has 0 radical (unpaired) electrons. The zero-order chi connectivity index (χ0) is 19.9. The van der Waals surface area contributed by atoms with Crippen LogP contribution < -0.4 is 10.1 Å². The molecule has 1 aromatic carbocycles. The van der Waals surface area contributed by atoms with Gasteiger partial charge < -0.3 is 15.0 Å². The van der Waals surface area contributed by atoms with Crippen LogP contribution in [0.4, 0.5) is 11.5 Å². The van der Waals surface area contributed by atoms with Gasteiger partial charge in [-0.15, -0.1) is 0 Å². The maximum atomic E-state index is 12.5. The van der Waals surface area contributed by atoms with Crippen LogP contribution in [-0.4, -0.2) is 46.5 Å². The summed E-state index contributed by atoms with van der Waals surface area (Å²) in [5.41, 5.74) is 2.06. The number of nitrogens with one attached hydrogen (secondary N) is 1. The number of hydrogen-bond donors (Lipinski definition) is 1. The van der Waals surface area contributed by atoms with Crippen LogP contribution in [0.25, 0.3) is 0 Å². The van der Waals surface area contributed by atoms with E-state index in [2.05, 4.69) is 20.3 Å². The van der Waals surface area contributed by atoms with Crippen LogP contribution in [-0.2, 0) is 6.42 Å². The summed E-state index contributed by atoms with van der Waals surface area (Å²) in [7, 11) is 3.32. The van der Waals surface area contributed by atoms with Gasteiger partial charge in [-0.1, -0.05) is 11.6 Å². The molecule has 0 saturated heterocycles. The molecule has 0 bridgehead atoms. The van der Waals surface area contributed by atoms with E-state index in [1.807, 2.05) is 12.1 Å². The van der Waals surface area contributed by atoms with E-state index in [0.29, 0.717) is 28.8 Å². The summed E-state index contributed by atoms with van der Waals surface area (Å²) in [6.07, 6.45) is 7.17. The Morgan fingerprint density at radius 2 is 1.96 bits per heavy atom. The summed E-state index contributed by atoms with van der Waals surface area (Å²) in [6, 6.07) is 9.09. The highest BCUT2D eigenvalue weighted by atomic mass is 35.5. The third-order valence-electron chi connectivity index (χ3n) is 4.13. The maximum absolute atomic E-state index is 12.5. The zero-order valence-electron chi connectivity index (χ0n) is 15.6. The highest BCUT2D eigenvalue weighted by Crippen LogP contribution is 2.29. The Hall–Kier alpha value is -3.19. The number of anilines is 2. The molecule has 1 amide bonds. The fourth-order valence-electron chi connectivity index (χ4n) is 2.56. The van der Waals surface area contributed by atoms with Crippen molar-refractivity contribution in [1.29, 1.82) is 0 Å². The monoisotopic (exact) mass is 397 g/mol. The van der Waals surface area contributed by atoms with Gasteiger partial charge in [0.15, 0.2) is 0 Å². The summed E-state index contributed by atoms with van der Waals surface area (Å²) in [4.78, 5) is 26.6. The molecule has 0 spiro atoms. The zero-order valence-corrected chi connectivity index (χ0v) is 16.3. The predicted octanol–water partition coefficient (Wildman–Crippen LogP) is 3.59. The van der Waals surface area contributed by atoms with Gasteiger partial charge >= 0.3 is 0 Å². The van der Waals surface area contributed by atoms with Crippen molar-refractivity contribution in [3.05, 3.63) is 71.4 Å². The molecule has 144 valence electrons. The number of rotatable bonds is 7. The molecule has 1 N–H and O–H groups in total. The first-order valence-corrected chi connectivity index (χ1v) is 9.01. The van der Waals surface area contributed by atoms with Crippen molar-refractivity contribution in [2.45, 2.75) is 6.42 Å². The Bertz CT molecular complexity index is 935. The summed E-state index contributed by atoms with van der Waals surface area (Å²) in [5, 5.41) is 3.66. The molecule has 0 fully saturated rings. The van der Waals surface area contributed by atoms with E-state index < -0.39 is 0 Å². The third-order valence-corrected chi connectivity index (χ3v) is 4.36. The molecule has 2 aromatic heterocycles. The Kier molecular flexibility index (Phi) is 6.39. The lowest BCUT2D eigenvalue weighted by Crippen LogP contribution is -2.29. The Labute approximate surface area is 168 Å². The van der Waals surface area contributed by atoms with Gasteiger partial charge in [-0.2, -0.15) is 0 Å². The van der Waals surface area contributed by atoms with E-state index >= 15 is 0 Å². The third kappa shape index (κ3) is 4.95. The maximum Gasteiger partial charge on any atom is 0.273 e. The molecule has 3 rings (SSSR count). The van der Waals surface area contributed by atoms with E-state index in [4.69, 9.17) is 16.3 Å². The van der Waals surface area contributed by atoms with Gasteiger partial charge in [0.1, 0.15) is 17.3 Å². The largest absolute Gasteiger partial charge is 0.495 e. The van der Waals surface area contributed by atoms with E-state index in [-0.39, 0.29) is 11.6 Å². The highest BCUT2D eigenvalue weighted by molar-refractivity contribution is 6.31. The molecule has 0 aliphatic rings. The second-order valence-corrected chi connectivity index (χ2v) is 6.53. The summed E-state index contributed by atoms with van der Waals surface area (Å²) >= 11 is 6.03. The van der Waals surface area contributed by atoms with Crippen molar-refractivity contribution in [2.24, 2.45) is 0 Å². The van der Waals surface area contributed by atoms with Crippen LogP contribution in [0.5, 0.6) is 5.75 Å². The van der Waals surface area contributed by atoms with Crippen molar-refractivity contribution < 1.29 is 9.53 Å². The number of pyridine rings is 1. The van der Waals surface area contributed by atoms with Crippen molar-refractivity contribution in [2.75, 3.05) is 26.0 Å². The van der Waals surface area contributed by atoms with E-state index in [9.17, 15) is 4.79 Å². The number of carbonyl (C=O) groups excluding carboxylic acids is 1. The number of methoxy groups -OCH3 is 1. The number of likely N-dealkylation sites (N-methyl/N-ethyl adjacent to an activating group) is 1. The lowest BCUT2D eigenvalue weighted by molar-refractivity contribution is 0.0790. The van der Waals surface area contributed by atoms with Crippen LogP contribution in [0, 0.1) is 0 Å². The van der Waals surface area contributed by atoms with Gasteiger partial charge in [-0.05, 0) is 42.3 Å². The average molecular weight is 398 g/mol. The molecule has 0 aliphatic heterocycles. The van der Waals surface area contributed by atoms with Crippen LogP contribution in [0.2, 0.25) is 5.02 Å². The first-order chi connectivity index (χ1) is 13.6. The van der Waals surface area contributed by atoms with E-state index in [1.54, 1.807) is 49.7 Å². The molecular weight excluding hydrogens is 378 g/mol. The second-order valence-electron chi connectivity index (χ2n) is 6.09. The molecule has 28 heavy (non-hydrogen) atoms. The first kappa shape index (κ1) is 19.6. The fourth-order valence-corrected chi connectivity index (χ4v) is 2.73. The molecule has 0 atom stereocenters. The highest BCUT2D eigenvalue weighted by Gasteiger charge is 2.14. The lowest BCUT2D eigenvalue weighted by atomic mass is 10.2. The minimum absolute atomic E-state index is 0.187. The molecule has 2 heterocycles. The Morgan fingerprint density at radius 1 is 1.18 bits per heavy atom. The molecule has 0 unspecified atom stereocenters. The SMILES string of the molecule is COc1ccc(Cl)cc1Nc1cnc(C(=O)N(C)CCc2ccncc2)cn1. The lowest BCUT2D eigenvalue weighted by Gasteiger charge is -2.16. The molecule has 8 heteroatoms.